The van der Waals surface area contributed by atoms with Crippen LogP contribution in [0, 0.1) is 4.77 Å². The van der Waals surface area contributed by atoms with E-state index in [1.165, 1.54) is 5.56 Å². The largest absolute Gasteiger partial charge is 0.348 e. The van der Waals surface area contributed by atoms with Crippen LogP contribution in [0.1, 0.15) is 29.4 Å². The number of carbonyl (C=O) groups is 1. The van der Waals surface area contributed by atoms with Crippen LogP contribution >= 0.6 is 12.2 Å². The van der Waals surface area contributed by atoms with Gasteiger partial charge in [-0.1, -0.05) is 48.5 Å². The molecule has 0 bridgehead atoms. The van der Waals surface area contributed by atoms with Gasteiger partial charge >= 0.3 is 0 Å². The van der Waals surface area contributed by atoms with E-state index in [9.17, 15) is 4.79 Å². The van der Waals surface area contributed by atoms with Crippen molar-refractivity contribution in [3.8, 4) is 5.69 Å². The number of nitrogens with zero attached hydrogens (tertiary/aromatic N) is 1. The van der Waals surface area contributed by atoms with Gasteiger partial charge in [0.15, 0.2) is 4.77 Å². The Hall–Kier alpha value is -2.66. The summed E-state index contributed by atoms with van der Waals surface area (Å²) < 4.78 is 2.27. The minimum atomic E-state index is -0.128. The van der Waals surface area contributed by atoms with Crippen LogP contribution in [0.3, 0.4) is 0 Å². The van der Waals surface area contributed by atoms with Gasteiger partial charge in [-0.25, -0.2) is 0 Å². The molecule has 0 radical (unpaired) electrons. The molecule has 0 spiro atoms. The molecule has 0 aliphatic carbocycles. The normalized spacial score (nSPS) is 11.9. The van der Waals surface area contributed by atoms with Crippen LogP contribution < -0.4 is 5.32 Å². The Morgan fingerprint density at radius 3 is 2.44 bits per heavy atom. The van der Waals surface area contributed by atoms with E-state index in [1.54, 1.807) is 10.8 Å². The summed E-state index contributed by atoms with van der Waals surface area (Å²) in [6, 6.07) is 20.0. The van der Waals surface area contributed by atoms with Gasteiger partial charge in [-0.2, -0.15) is 0 Å². The SMILES string of the molecule is C[C@H](CCc1ccccc1)NC(=O)c1c[nH]c(=S)n1-c1ccccc1. The van der Waals surface area contributed by atoms with Crippen molar-refractivity contribution in [2.75, 3.05) is 0 Å². The van der Waals surface area contributed by atoms with Gasteiger partial charge in [-0.15, -0.1) is 0 Å². The number of aryl methyl sites for hydroxylation is 1. The highest BCUT2D eigenvalue weighted by Crippen LogP contribution is 2.13. The molecule has 3 rings (SSSR count). The van der Waals surface area contributed by atoms with Crippen LogP contribution in [-0.2, 0) is 6.42 Å². The van der Waals surface area contributed by atoms with E-state index < -0.39 is 0 Å². The molecular formula is C20H21N3OS. The summed E-state index contributed by atoms with van der Waals surface area (Å²) in [7, 11) is 0. The molecule has 0 saturated carbocycles. The monoisotopic (exact) mass is 351 g/mol. The summed E-state index contributed by atoms with van der Waals surface area (Å²) in [6.07, 6.45) is 3.47. The van der Waals surface area contributed by atoms with Crippen molar-refractivity contribution >= 4 is 18.1 Å². The maximum Gasteiger partial charge on any atom is 0.270 e. The average Bonchev–Trinajstić information content (AvgIpc) is 3.03. The quantitative estimate of drug-likeness (QED) is 0.651. The molecule has 5 heteroatoms. The molecular weight excluding hydrogens is 330 g/mol. The van der Waals surface area contributed by atoms with Crippen molar-refractivity contribution in [2.24, 2.45) is 0 Å². The summed E-state index contributed by atoms with van der Waals surface area (Å²) in [5.74, 6) is -0.128. The van der Waals surface area contributed by atoms with Crippen molar-refractivity contribution in [3.05, 3.63) is 82.9 Å². The van der Waals surface area contributed by atoms with Gasteiger partial charge in [0.1, 0.15) is 5.69 Å². The molecule has 3 aromatic rings. The number of benzene rings is 2. The maximum atomic E-state index is 12.7. The number of hydrogen-bond acceptors (Lipinski definition) is 2. The zero-order valence-electron chi connectivity index (χ0n) is 14.1. The first-order valence-electron chi connectivity index (χ1n) is 8.36. The van der Waals surface area contributed by atoms with Gasteiger partial charge in [0.25, 0.3) is 5.91 Å². The fraction of sp³-hybridized carbons (Fsp3) is 0.200. The fourth-order valence-electron chi connectivity index (χ4n) is 2.77. The lowest BCUT2D eigenvalue weighted by molar-refractivity contribution is 0.0931. The van der Waals surface area contributed by atoms with E-state index in [0.717, 1.165) is 18.5 Å². The zero-order chi connectivity index (χ0) is 17.6. The third-order valence-corrected chi connectivity index (χ3v) is 4.41. The first kappa shape index (κ1) is 17.2. The number of nitrogens with one attached hydrogen (secondary N) is 2. The van der Waals surface area contributed by atoms with Gasteiger partial charge in [0, 0.05) is 17.9 Å². The van der Waals surface area contributed by atoms with Crippen molar-refractivity contribution in [1.82, 2.24) is 14.9 Å². The zero-order valence-corrected chi connectivity index (χ0v) is 14.9. The molecule has 2 aromatic carbocycles. The van der Waals surface area contributed by atoms with E-state index >= 15 is 0 Å². The molecule has 2 N–H and O–H groups in total. The predicted octanol–water partition coefficient (Wildman–Crippen LogP) is 4.29. The number of imidazole rings is 1. The molecule has 1 heterocycles. The Kier molecular flexibility index (Phi) is 5.46. The molecule has 4 nitrogen and oxygen atoms in total. The minimum absolute atomic E-state index is 0.0698. The summed E-state index contributed by atoms with van der Waals surface area (Å²) >= 11 is 5.33. The minimum Gasteiger partial charge on any atom is -0.348 e. The van der Waals surface area contributed by atoms with Crippen LogP contribution in [-0.4, -0.2) is 21.5 Å². The predicted molar refractivity (Wildman–Crippen MR) is 103 cm³/mol. The first-order valence-corrected chi connectivity index (χ1v) is 8.76. The Labute approximate surface area is 152 Å². The Balaban J connectivity index is 1.69. The number of aromatic amines is 1. The number of carbonyl (C=O) groups excluding carboxylic acids is 1. The van der Waals surface area contributed by atoms with Gasteiger partial charge in [0.2, 0.25) is 0 Å². The standard InChI is InChI=1S/C20H21N3OS/c1-15(12-13-16-8-4-2-5-9-16)22-19(24)18-14-21-20(25)23(18)17-10-6-3-7-11-17/h2-11,14-15H,12-13H2,1H3,(H,21,25)(H,22,24)/t15-/m1/s1. The topological polar surface area (TPSA) is 49.8 Å². The van der Waals surface area contributed by atoms with Crippen LogP contribution in [0.5, 0.6) is 0 Å². The second-order valence-electron chi connectivity index (χ2n) is 6.05. The average molecular weight is 351 g/mol. The highest BCUT2D eigenvalue weighted by Gasteiger charge is 2.16. The lowest BCUT2D eigenvalue weighted by atomic mass is 10.1. The molecule has 0 fully saturated rings. The third kappa shape index (κ3) is 4.25. The second kappa shape index (κ2) is 7.94. The summed E-state index contributed by atoms with van der Waals surface area (Å²) in [4.78, 5) is 15.6. The van der Waals surface area contributed by atoms with E-state index in [2.05, 4.69) is 22.4 Å². The van der Waals surface area contributed by atoms with Crippen LogP contribution in [0.25, 0.3) is 5.69 Å². The Morgan fingerprint density at radius 1 is 1.12 bits per heavy atom. The lowest BCUT2D eigenvalue weighted by Crippen LogP contribution is -2.34. The number of aromatic nitrogens is 2. The van der Waals surface area contributed by atoms with E-state index in [1.807, 2.05) is 55.5 Å². The van der Waals surface area contributed by atoms with Gasteiger partial charge in [0.05, 0.1) is 0 Å². The molecule has 1 aromatic heterocycles. The first-order chi connectivity index (χ1) is 12.1. The molecule has 1 amide bonds. The van der Waals surface area contributed by atoms with Gasteiger partial charge in [-0.3, -0.25) is 9.36 Å². The third-order valence-electron chi connectivity index (χ3n) is 4.11. The van der Waals surface area contributed by atoms with Crippen molar-refractivity contribution < 1.29 is 4.79 Å². The summed E-state index contributed by atoms with van der Waals surface area (Å²) in [6.45, 7) is 2.02. The number of para-hydroxylation sites is 1. The molecule has 128 valence electrons. The highest BCUT2D eigenvalue weighted by atomic mass is 32.1. The number of H-pyrrole nitrogens is 1. The molecule has 0 aliphatic rings. The number of amides is 1. The maximum absolute atomic E-state index is 12.7. The molecule has 25 heavy (non-hydrogen) atoms. The lowest BCUT2D eigenvalue weighted by Gasteiger charge is -2.15. The number of rotatable bonds is 6. The van der Waals surface area contributed by atoms with Crippen molar-refractivity contribution in [1.29, 1.82) is 0 Å². The fourth-order valence-corrected chi connectivity index (χ4v) is 3.03. The van der Waals surface area contributed by atoms with Gasteiger partial charge in [-0.05, 0) is 49.7 Å². The summed E-state index contributed by atoms with van der Waals surface area (Å²) in [5, 5.41) is 3.06. The van der Waals surface area contributed by atoms with E-state index in [-0.39, 0.29) is 11.9 Å². The Bertz CT molecular complexity index is 884. The summed E-state index contributed by atoms with van der Waals surface area (Å²) in [5.41, 5.74) is 2.66. The number of hydrogen-bond donors (Lipinski definition) is 2. The van der Waals surface area contributed by atoms with Crippen molar-refractivity contribution in [2.45, 2.75) is 25.8 Å². The Morgan fingerprint density at radius 2 is 1.76 bits per heavy atom. The van der Waals surface area contributed by atoms with Crippen LogP contribution in [0.2, 0.25) is 0 Å². The second-order valence-corrected chi connectivity index (χ2v) is 6.44. The van der Waals surface area contributed by atoms with Gasteiger partial charge < -0.3 is 10.3 Å². The molecule has 0 unspecified atom stereocenters. The molecule has 0 saturated heterocycles. The molecule has 1 atom stereocenters. The smallest absolute Gasteiger partial charge is 0.270 e. The van der Waals surface area contributed by atoms with Crippen molar-refractivity contribution in [3.63, 3.8) is 0 Å². The molecule has 0 aliphatic heterocycles. The highest BCUT2D eigenvalue weighted by molar-refractivity contribution is 7.71. The van der Waals surface area contributed by atoms with Crippen LogP contribution in [0.4, 0.5) is 0 Å². The van der Waals surface area contributed by atoms with Crippen LogP contribution in [0.15, 0.2) is 66.9 Å². The van der Waals surface area contributed by atoms with E-state index in [0.29, 0.717) is 10.5 Å². The van der Waals surface area contributed by atoms with E-state index in [4.69, 9.17) is 12.2 Å².